The van der Waals surface area contributed by atoms with Crippen molar-refractivity contribution in [1.29, 1.82) is 0 Å². The number of hydrogen-bond donors (Lipinski definition) is 1. The van der Waals surface area contributed by atoms with E-state index in [1.54, 1.807) is 0 Å². The number of rotatable bonds is 5. The van der Waals surface area contributed by atoms with E-state index in [1.807, 2.05) is 19.1 Å². The van der Waals surface area contributed by atoms with Crippen LogP contribution in [-0.4, -0.2) is 17.7 Å². The Hall–Kier alpha value is -1.51. The largest absolute Gasteiger partial charge is 0.482 e. The molecule has 0 aromatic heterocycles. The Morgan fingerprint density at radius 2 is 2.12 bits per heavy atom. The fourth-order valence-corrected chi connectivity index (χ4v) is 1.53. The van der Waals surface area contributed by atoms with Gasteiger partial charge in [0.1, 0.15) is 5.75 Å². The number of hydrogen-bond acceptors (Lipinski definition) is 2. The number of benzene rings is 1. The summed E-state index contributed by atoms with van der Waals surface area (Å²) in [5, 5.41) is 8.54. The summed E-state index contributed by atoms with van der Waals surface area (Å²) in [4.78, 5) is 10.4. The zero-order valence-electron chi connectivity index (χ0n) is 9.99. The molecule has 3 heteroatoms. The maximum Gasteiger partial charge on any atom is 0.341 e. The minimum atomic E-state index is -0.952. The van der Waals surface area contributed by atoms with E-state index in [0.29, 0.717) is 11.7 Å². The topological polar surface area (TPSA) is 46.5 Å². The van der Waals surface area contributed by atoms with E-state index >= 15 is 0 Å². The van der Waals surface area contributed by atoms with Crippen molar-refractivity contribution in [3.63, 3.8) is 0 Å². The molecular formula is C13H18O3. The van der Waals surface area contributed by atoms with Crippen molar-refractivity contribution in [1.82, 2.24) is 0 Å². The van der Waals surface area contributed by atoms with Crippen LogP contribution < -0.4 is 4.74 Å². The molecule has 0 amide bonds. The van der Waals surface area contributed by atoms with Gasteiger partial charge < -0.3 is 9.84 Å². The number of aliphatic carboxylic acids is 1. The van der Waals surface area contributed by atoms with E-state index in [2.05, 4.69) is 19.9 Å². The van der Waals surface area contributed by atoms with Gasteiger partial charge in [-0.2, -0.15) is 0 Å². The van der Waals surface area contributed by atoms with Crippen LogP contribution in [0.2, 0.25) is 0 Å². The highest BCUT2D eigenvalue weighted by molar-refractivity contribution is 5.68. The first-order valence-corrected chi connectivity index (χ1v) is 5.49. The molecule has 0 aliphatic carbocycles. The van der Waals surface area contributed by atoms with E-state index < -0.39 is 5.97 Å². The van der Waals surface area contributed by atoms with Crippen molar-refractivity contribution in [2.24, 2.45) is 0 Å². The average Bonchev–Trinajstić information content (AvgIpc) is 2.24. The summed E-state index contributed by atoms with van der Waals surface area (Å²) < 4.78 is 5.18. The first kappa shape index (κ1) is 12.6. The molecule has 1 unspecified atom stereocenters. The highest BCUT2D eigenvalue weighted by Crippen LogP contribution is 2.24. The summed E-state index contributed by atoms with van der Waals surface area (Å²) in [6.45, 7) is 5.98. The van der Waals surface area contributed by atoms with E-state index in [1.165, 1.54) is 5.56 Å². The zero-order chi connectivity index (χ0) is 12.1. The normalized spacial score (nSPS) is 12.2. The number of aryl methyl sites for hydroxylation is 1. The third-order valence-electron chi connectivity index (χ3n) is 2.62. The quantitative estimate of drug-likeness (QED) is 0.833. The minimum Gasteiger partial charge on any atom is -0.482 e. The minimum absolute atomic E-state index is 0.288. The second-order valence-corrected chi connectivity index (χ2v) is 4.07. The highest BCUT2D eigenvalue weighted by Gasteiger charge is 2.07. The van der Waals surface area contributed by atoms with Gasteiger partial charge in [0, 0.05) is 0 Å². The molecule has 1 aromatic rings. The monoisotopic (exact) mass is 222 g/mol. The van der Waals surface area contributed by atoms with Crippen LogP contribution in [0.3, 0.4) is 0 Å². The van der Waals surface area contributed by atoms with Gasteiger partial charge in [-0.15, -0.1) is 0 Å². The lowest BCUT2D eigenvalue weighted by Crippen LogP contribution is -2.09. The molecule has 3 nitrogen and oxygen atoms in total. The Morgan fingerprint density at radius 1 is 1.44 bits per heavy atom. The Bertz CT molecular complexity index is 371. The van der Waals surface area contributed by atoms with Crippen molar-refractivity contribution in [3.05, 3.63) is 29.3 Å². The predicted molar refractivity (Wildman–Crippen MR) is 63.0 cm³/mol. The summed E-state index contributed by atoms with van der Waals surface area (Å²) in [6, 6.07) is 5.89. The van der Waals surface area contributed by atoms with E-state index in [9.17, 15) is 4.79 Å². The first-order valence-electron chi connectivity index (χ1n) is 5.49. The number of ether oxygens (including phenoxy) is 1. The summed E-state index contributed by atoms with van der Waals surface area (Å²) in [6.07, 6.45) is 1.06. The molecular weight excluding hydrogens is 204 g/mol. The Kier molecular flexibility index (Phi) is 4.35. The SMILES string of the molecule is CCC(C)c1cc(C)cc(OCC(=O)O)c1. The van der Waals surface area contributed by atoms with Gasteiger partial charge in [0.05, 0.1) is 0 Å². The molecule has 0 spiro atoms. The smallest absolute Gasteiger partial charge is 0.341 e. The van der Waals surface area contributed by atoms with Crippen molar-refractivity contribution >= 4 is 5.97 Å². The number of carboxylic acids is 1. The van der Waals surface area contributed by atoms with Gasteiger partial charge in [-0.05, 0) is 42.5 Å². The second-order valence-electron chi connectivity index (χ2n) is 4.07. The predicted octanol–water partition coefficient (Wildman–Crippen LogP) is 2.97. The summed E-state index contributed by atoms with van der Waals surface area (Å²) >= 11 is 0. The van der Waals surface area contributed by atoms with Gasteiger partial charge in [-0.3, -0.25) is 0 Å². The van der Waals surface area contributed by atoms with Gasteiger partial charge >= 0.3 is 5.97 Å². The van der Waals surface area contributed by atoms with E-state index in [4.69, 9.17) is 9.84 Å². The van der Waals surface area contributed by atoms with Crippen LogP contribution in [0.25, 0.3) is 0 Å². The molecule has 0 bridgehead atoms. The lowest BCUT2D eigenvalue weighted by molar-refractivity contribution is -0.139. The number of carbonyl (C=O) groups is 1. The third-order valence-corrected chi connectivity index (χ3v) is 2.62. The molecule has 0 heterocycles. The fourth-order valence-electron chi connectivity index (χ4n) is 1.53. The second kappa shape index (κ2) is 5.54. The van der Waals surface area contributed by atoms with Crippen LogP contribution in [0.15, 0.2) is 18.2 Å². The van der Waals surface area contributed by atoms with E-state index in [0.717, 1.165) is 12.0 Å². The molecule has 0 aliphatic heterocycles. The van der Waals surface area contributed by atoms with Crippen LogP contribution in [0.5, 0.6) is 5.75 Å². The summed E-state index contributed by atoms with van der Waals surface area (Å²) in [5.41, 5.74) is 2.29. The first-order chi connectivity index (χ1) is 7.52. The van der Waals surface area contributed by atoms with Gasteiger partial charge in [-0.25, -0.2) is 4.79 Å². The Morgan fingerprint density at radius 3 is 2.69 bits per heavy atom. The average molecular weight is 222 g/mol. The molecule has 0 saturated carbocycles. The maximum atomic E-state index is 10.4. The zero-order valence-corrected chi connectivity index (χ0v) is 9.99. The molecule has 1 atom stereocenters. The summed E-state index contributed by atoms with van der Waals surface area (Å²) in [5.74, 6) is 0.149. The van der Waals surface area contributed by atoms with Gasteiger partial charge in [0.2, 0.25) is 0 Å². The lowest BCUT2D eigenvalue weighted by atomic mass is 9.97. The van der Waals surface area contributed by atoms with Crippen molar-refractivity contribution < 1.29 is 14.6 Å². The van der Waals surface area contributed by atoms with Crippen LogP contribution in [-0.2, 0) is 4.79 Å². The maximum absolute atomic E-state index is 10.4. The molecule has 0 radical (unpaired) electrons. The molecule has 0 saturated heterocycles. The number of carboxylic acid groups (broad SMARTS) is 1. The van der Waals surface area contributed by atoms with Crippen molar-refractivity contribution in [2.75, 3.05) is 6.61 Å². The van der Waals surface area contributed by atoms with Crippen LogP contribution in [0.4, 0.5) is 0 Å². The third kappa shape index (κ3) is 3.57. The Labute approximate surface area is 96.1 Å². The molecule has 1 N–H and O–H groups in total. The fraction of sp³-hybridized carbons (Fsp3) is 0.462. The van der Waals surface area contributed by atoms with Crippen molar-refractivity contribution in [3.8, 4) is 5.75 Å². The molecule has 88 valence electrons. The lowest BCUT2D eigenvalue weighted by Gasteiger charge is -2.12. The van der Waals surface area contributed by atoms with Gasteiger partial charge in [-0.1, -0.05) is 19.9 Å². The highest BCUT2D eigenvalue weighted by atomic mass is 16.5. The van der Waals surface area contributed by atoms with Crippen LogP contribution in [0.1, 0.15) is 37.3 Å². The van der Waals surface area contributed by atoms with Crippen LogP contribution in [0, 0.1) is 6.92 Å². The molecule has 1 rings (SSSR count). The Balaban J connectivity index is 2.85. The van der Waals surface area contributed by atoms with Crippen LogP contribution >= 0.6 is 0 Å². The molecule has 0 fully saturated rings. The standard InChI is InChI=1S/C13H18O3/c1-4-10(3)11-5-9(2)6-12(7-11)16-8-13(14)15/h5-7,10H,4,8H2,1-3H3,(H,14,15). The van der Waals surface area contributed by atoms with E-state index in [-0.39, 0.29) is 6.61 Å². The summed E-state index contributed by atoms with van der Waals surface area (Å²) in [7, 11) is 0. The van der Waals surface area contributed by atoms with Crippen molar-refractivity contribution in [2.45, 2.75) is 33.1 Å². The molecule has 0 aliphatic rings. The molecule has 16 heavy (non-hydrogen) atoms. The molecule has 1 aromatic carbocycles. The van der Waals surface area contributed by atoms with Gasteiger partial charge in [0.25, 0.3) is 0 Å². The van der Waals surface area contributed by atoms with Gasteiger partial charge in [0.15, 0.2) is 6.61 Å².